The summed E-state index contributed by atoms with van der Waals surface area (Å²) in [5.41, 5.74) is 0.185. The smallest absolute Gasteiger partial charge is 0.494 e. The highest BCUT2D eigenvalue weighted by Crippen LogP contribution is 2.36. The van der Waals surface area contributed by atoms with Crippen molar-refractivity contribution < 1.29 is 28.4 Å². The van der Waals surface area contributed by atoms with Crippen molar-refractivity contribution in [2.45, 2.75) is 84.7 Å². The summed E-state index contributed by atoms with van der Waals surface area (Å²) in [6.07, 6.45) is -0.153. The average Bonchev–Trinajstić information content (AvgIpc) is 2.93. The molecule has 2 aliphatic heterocycles. The SMILES string of the molecule is COc1ccc(B2OC(C)(C)C(C)(C)O2)cc1CC(=O)N1CCN(C(=O)OC(C)(C)C)[C@@H](C)C1. The first-order valence-corrected chi connectivity index (χ1v) is 11.9. The highest BCUT2D eigenvalue weighted by molar-refractivity contribution is 6.62. The Morgan fingerprint density at radius 3 is 2.26 bits per heavy atom. The van der Waals surface area contributed by atoms with E-state index in [1.165, 1.54) is 0 Å². The number of hydrogen-bond donors (Lipinski definition) is 0. The second-order valence-corrected chi connectivity index (χ2v) is 11.2. The molecule has 2 aliphatic rings. The summed E-state index contributed by atoms with van der Waals surface area (Å²) < 4.78 is 23.4. The molecule has 2 fully saturated rings. The van der Waals surface area contributed by atoms with Crippen molar-refractivity contribution in [1.82, 2.24) is 9.80 Å². The molecule has 2 amide bonds. The van der Waals surface area contributed by atoms with Crippen LogP contribution in [0.1, 0.15) is 61.0 Å². The zero-order valence-electron chi connectivity index (χ0n) is 22.1. The lowest BCUT2D eigenvalue weighted by molar-refractivity contribution is -0.133. The number of methoxy groups -OCH3 is 1. The Morgan fingerprint density at radius 1 is 1.12 bits per heavy atom. The van der Waals surface area contributed by atoms with E-state index in [4.69, 9.17) is 18.8 Å². The third-order valence-electron chi connectivity index (χ3n) is 6.78. The van der Waals surface area contributed by atoms with Crippen LogP contribution in [0.4, 0.5) is 4.79 Å². The van der Waals surface area contributed by atoms with Gasteiger partial charge in [0.05, 0.1) is 24.7 Å². The fourth-order valence-electron chi connectivity index (χ4n) is 4.11. The van der Waals surface area contributed by atoms with Crippen LogP contribution in [-0.2, 0) is 25.3 Å². The van der Waals surface area contributed by atoms with E-state index >= 15 is 0 Å². The summed E-state index contributed by atoms with van der Waals surface area (Å²) in [6, 6.07) is 5.56. The predicted molar refractivity (Wildman–Crippen MR) is 131 cm³/mol. The molecule has 0 aliphatic carbocycles. The molecule has 1 atom stereocenters. The molecule has 0 saturated carbocycles. The lowest BCUT2D eigenvalue weighted by Crippen LogP contribution is -2.56. The molecule has 2 saturated heterocycles. The Labute approximate surface area is 204 Å². The Bertz CT molecular complexity index is 910. The van der Waals surface area contributed by atoms with E-state index in [-0.39, 0.29) is 24.5 Å². The molecule has 0 N–H and O–H groups in total. The van der Waals surface area contributed by atoms with Gasteiger partial charge in [0, 0.05) is 31.2 Å². The maximum atomic E-state index is 13.2. The standard InChI is InChI=1S/C25H39BN2O6/c1-17-16-27(12-13-28(17)22(30)32-23(2,3)4)21(29)15-18-14-19(10-11-20(18)31-9)26-33-24(5,6)25(7,8)34-26/h10-11,14,17H,12-13,15-16H2,1-9H3/t17-/m0/s1. The fourth-order valence-corrected chi connectivity index (χ4v) is 4.11. The predicted octanol–water partition coefficient (Wildman–Crippen LogP) is 3.00. The van der Waals surface area contributed by atoms with E-state index in [9.17, 15) is 9.59 Å². The minimum absolute atomic E-state index is 0.0138. The number of rotatable bonds is 4. The monoisotopic (exact) mass is 474 g/mol. The maximum absolute atomic E-state index is 13.2. The molecule has 0 spiro atoms. The van der Waals surface area contributed by atoms with Gasteiger partial charge in [0.15, 0.2) is 0 Å². The number of ether oxygens (including phenoxy) is 2. The molecule has 1 aromatic carbocycles. The molecular weight excluding hydrogens is 435 g/mol. The van der Waals surface area contributed by atoms with E-state index in [1.54, 1.807) is 16.9 Å². The van der Waals surface area contributed by atoms with E-state index in [2.05, 4.69) is 0 Å². The first-order valence-electron chi connectivity index (χ1n) is 11.9. The Balaban J connectivity index is 1.69. The highest BCUT2D eigenvalue weighted by atomic mass is 16.7. The van der Waals surface area contributed by atoms with Crippen molar-refractivity contribution in [1.29, 1.82) is 0 Å². The molecule has 1 aromatic rings. The van der Waals surface area contributed by atoms with Gasteiger partial charge in [-0.25, -0.2) is 4.79 Å². The first-order chi connectivity index (χ1) is 15.6. The Hall–Kier alpha value is -2.26. The van der Waals surface area contributed by atoms with Crippen molar-refractivity contribution in [3.8, 4) is 5.75 Å². The van der Waals surface area contributed by atoms with Crippen molar-refractivity contribution >= 4 is 24.6 Å². The van der Waals surface area contributed by atoms with Crippen LogP contribution in [0.3, 0.4) is 0 Å². The van der Waals surface area contributed by atoms with Crippen LogP contribution in [0.2, 0.25) is 0 Å². The van der Waals surface area contributed by atoms with Gasteiger partial charge < -0.3 is 28.6 Å². The molecule has 9 heteroatoms. The average molecular weight is 474 g/mol. The molecule has 0 aromatic heterocycles. The number of carbonyl (C=O) groups excluding carboxylic acids is 2. The summed E-state index contributed by atoms with van der Waals surface area (Å²) in [5, 5.41) is 0. The van der Waals surface area contributed by atoms with Gasteiger partial charge in [-0.1, -0.05) is 12.1 Å². The maximum Gasteiger partial charge on any atom is 0.494 e. The zero-order chi connectivity index (χ0) is 25.5. The molecular formula is C25H39BN2O6. The molecule has 0 bridgehead atoms. The summed E-state index contributed by atoms with van der Waals surface area (Å²) in [6.45, 7) is 16.9. The molecule has 188 valence electrons. The number of carbonyl (C=O) groups is 2. The van der Waals surface area contributed by atoms with Gasteiger partial charge in [-0.2, -0.15) is 0 Å². The van der Waals surface area contributed by atoms with Gasteiger partial charge in [-0.05, 0) is 66.9 Å². The van der Waals surface area contributed by atoms with Crippen molar-refractivity contribution in [3.63, 3.8) is 0 Å². The molecule has 0 radical (unpaired) electrons. The number of benzene rings is 1. The number of amides is 2. The number of nitrogens with zero attached hydrogens (tertiary/aromatic N) is 2. The van der Waals surface area contributed by atoms with Gasteiger partial charge in [-0.15, -0.1) is 0 Å². The quantitative estimate of drug-likeness (QED) is 0.625. The lowest BCUT2D eigenvalue weighted by atomic mass is 9.78. The van der Waals surface area contributed by atoms with Crippen molar-refractivity contribution in [3.05, 3.63) is 23.8 Å². The van der Waals surface area contributed by atoms with Crippen LogP contribution in [0, 0.1) is 0 Å². The fraction of sp³-hybridized carbons (Fsp3) is 0.680. The van der Waals surface area contributed by atoms with E-state index < -0.39 is 23.9 Å². The third kappa shape index (κ3) is 5.69. The van der Waals surface area contributed by atoms with Gasteiger partial charge in [-0.3, -0.25) is 4.79 Å². The largest absolute Gasteiger partial charge is 0.496 e. The topological polar surface area (TPSA) is 77.5 Å². The van der Waals surface area contributed by atoms with E-state index in [0.29, 0.717) is 25.4 Å². The summed E-state index contributed by atoms with van der Waals surface area (Å²) in [7, 11) is 1.08. The van der Waals surface area contributed by atoms with Crippen molar-refractivity contribution in [2.24, 2.45) is 0 Å². The van der Waals surface area contributed by atoms with Gasteiger partial charge in [0.2, 0.25) is 5.91 Å². The van der Waals surface area contributed by atoms with Crippen LogP contribution in [-0.4, -0.2) is 78.5 Å². The molecule has 2 heterocycles. The van der Waals surface area contributed by atoms with Crippen molar-refractivity contribution in [2.75, 3.05) is 26.7 Å². The molecule has 3 rings (SSSR count). The molecule has 8 nitrogen and oxygen atoms in total. The minimum Gasteiger partial charge on any atom is -0.496 e. The van der Waals surface area contributed by atoms with E-state index in [1.807, 2.05) is 73.6 Å². The summed E-state index contributed by atoms with van der Waals surface area (Å²) in [4.78, 5) is 29.2. The minimum atomic E-state index is -0.553. The normalized spacial score (nSPS) is 22.0. The van der Waals surface area contributed by atoms with E-state index in [0.717, 1.165) is 11.0 Å². The molecule has 34 heavy (non-hydrogen) atoms. The molecule has 0 unspecified atom stereocenters. The van der Waals surface area contributed by atoms with Crippen LogP contribution < -0.4 is 10.2 Å². The van der Waals surface area contributed by atoms with Crippen LogP contribution >= 0.6 is 0 Å². The Kier molecular flexibility index (Phi) is 7.30. The second-order valence-electron chi connectivity index (χ2n) is 11.2. The van der Waals surface area contributed by atoms with Crippen LogP contribution in [0.5, 0.6) is 5.75 Å². The Morgan fingerprint density at radius 2 is 1.74 bits per heavy atom. The summed E-state index contributed by atoms with van der Waals surface area (Å²) >= 11 is 0. The lowest BCUT2D eigenvalue weighted by Gasteiger charge is -2.40. The van der Waals surface area contributed by atoms with Crippen LogP contribution in [0.25, 0.3) is 0 Å². The second kappa shape index (κ2) is 9.42. The first kappa shape index (κ1) is 26.4. The zero-order valence-corrected chi connectivity index (χ0v) is 22.1. The third-order valence-corrected chi connectivity index (χ3v) is 6.78. The van der Waals surface area contributed by atoms with Gasteiger partial charge in [0.1, 0.15) is 11.4 Å². The number of hydrogen-bond acceptors (Lipinski definition) is 6. The van der Waals surface area contributed by atoms with Gasteiger partial charge in [0.25, 0.3) is 0 Å². The van der Waals surface area contributed by atoms with Crippen LogP contribution in [0.15, 0.2) is 18.2 Å². The van der Waals surface area contributed by atoms with Gasteiger partial charge >= 0.3 is 13.2 Å². The highest BCUT2D eigenvalue weighted by Gasteiger charge is 2.51. The number of piperazine rings is 1. The summed E-state index contributed by atoms with van der Waals surface area (Å²) in [5.74, 6) is 0.633.